The maximum Gasteiger partial charge on any atom is 0.261 e. The number of amides is 1. The van der Waals surface area contributed by atoms with Crippen molar-refractivity contribution in [1.29, 1.82) is 0 Å². The Balaban J connectivity index is 2.36. The average molecular weight is 343 g/mol. The molecule has 0 radical (unpaired) electrons. The molecule has 100 valence electrons. The van der Waals surface area contributed by atoms with E-state index in [-0.39, 0.29) is 19.1 Å². The number of rotatable bonds is 6. The molecule has 0 unspecified atom stereocenters. The highest BCUT2D eigenvalue weighted by molar-refractivity contribution is 9.10. The number of benzene rings is 1. The minimum absolute atomic E-state index is 0.0429. The summed E-state index contributed by atoms with van der Waals surface area (Å²) in [4.78, 5) is 11.7. The third-order valence-corrected chi connectivity index (χ3v) is 2.84. The van der Waals surface area contributed by atoms with Crippen molar-refractivity contribution in [3.05, 3.63) is 33.3 Å². The smallest absolute Gasteiger partial charge is 0.261 e. The Morgan fingerprint density at radius 1 is 1.50 bits per heavy atom. The van der Waals surface area contributed by atoms with Crippen LogP contribution in [0.3, 0.4) is 0 Å². The second-order valence-corrected chi connectivity index (χ2v) is 4.64. The van der Waals surface area contributed by atoms with Gasteiger partial charge in [0.1, 0.15) is 6.61 Å². The van der Waals surface area contributed by atoms with E-state index in [0.29, 0.717) is 15.1 Å². The third kappa shape index (κ3) is 5.29. The van der Waals surface area contributed by atoms with Gasteiger partial charge in [0.05, 0.1) is 12.2 Å². The lowest BCUT2D eigenvalue weighted by Gasteiger charge is -2.07. The molecule has 0 aliphatic carbocycles. The van der Waals surface area contributed by atoms with Gasteiger partial charge in [-0.05, 0) is 34.1 Å². The molecule has 0 fully saturated rings. The SMILES string of the molecule is O=C(NCCOCC(F)F)c1ccc(Cl)cc1Br. The minimum atomic E-state index is -2.49. The Labute approximate surface area is 117 Å². The zero-order chi connectivity index (χ0) is 13.5. The van der Waals surface area contributed by atoms with E-state index >= 15 is 0 Å². The number of carbonyl (C=O) groups is 1. The molecule has 0 saturated carbocycles. The fraction of sp³-hybridized carbons (Fsp3) is 0.364. The lowest BCUT2D eigenvalue weighted by Crippen LogP contribution is -2.28. The van der Waals surface area contributed by atoms with Crippen LogP contribution in [0.25, 0.3) is 0 Å². The highest BCUT2D eigenvalue weighted by Gasteiger charge is 2.09. The maximum atomic E-state index is 11.7. The van der Waals surface area contributed by atoms with Gasteiger partial charge >= 0.3 is 0 Å². The number of halogens is 4. The number of nitrogens with one attached hydrogen (secondary N) is 1. The number of alkyl halides is 2. The van der Waals surface area contributed by atoms with E-state index in [1.807, 2.05) is 0 Å². The first-order chi connectivity index (χ1) is 8.50. The standard InChI is InChI=1S/C11H11BrClF2NO2/c12-9-5-7(13)1-2-8(9)11(17)16-3-4-18-6-10(14)15/h1-2,5,10H,3-4,6H2,(H,16,17). The minimum Gasteiger partial charge on any atom is -0.374 e. The average Bonchev–Trinajstić information content (AvgIpc) is 2.27. The van der Waals surface area contributed by atoms with Crippen LogP contribution in [0, 0.1) is 0 Å². The molecule has 0 saturated heterocycles. The van der Waals surface area contributed by atoms with Crippen LogP contribution in [0.5, 0.6) is 0 Å². The van der Waals surface area contributed by atoms with Crippen LogP contribution in [0.2, 0.25) is 5.02 Å². The topological polar surface area (TPSA) is 38.3 Å². The molecule has 1 N–H and O–H groups in total. The van der Waals surface area contributed by atoms with Gasteiger partial charge in [-0.3, -0.25) is 4.79 Å². The van der Waals surface area contributed by atoms with Gasteiger partial charge in [0.15, 0.2) is 0 Å². The van der Waals surface area contributed by atoms with Crippen molar-refractivity contribution >= 4 is 33.4 Å². The highest BCUT2D eigenvalue weighted by atomic mass is 79.9. The van der Waals surface area contributed by atoms with Gasteiger partial charge in [-0.15, -0.1) is 0 Å². The van der Waals surface area contributed by atoms with E-state index in [2.05, 4.69) is 26.0 Å². The summed E-state index contributed by atoms with van der Waals surface area (Å²) in [6.45, 7) is -0.414. The summed E-state index contributed by atoms with van der Waals surface area (Å²) in [7, 11) is 0. The third-order valence-electron chi connectivity index (χ3n) is 1.95. The fourth-order valence-corrected chi connectivity index (χ4v) is 2.04. The molecule has 1 rings (SSSR count). The van der Waals surface area contributed by atoms with Gasteiger partial charge in [-0.1, -0.05) is 11.6 Å². The molecule has 1 aromatic carbocycles. The van der Waals surface area contributed by atoms with Crippen LogP contribution in [-0.4, -0.2) is 32.1 Å². The molecular formula is C11H11BrClF2NO2. The van der Waals surface area contributed by atoms with E-state index in [9.17, 15) is 13.6 Å². The van der Waals surface area contributed by atoms with Crippen LogP contribution in [0.4, 0.5) is 8.78 Å². The van der Waals surface area contributed by atoms with E-state index in [4.69, 9.17) is 11.6 Å². The molecule has 0 atom stereocenters. The summed E-state index contributed by atoms with van der Waals surface area (Å²) in [6, 6.07) is 4.76. The number of ether oxygens (including phenoxy) is 1. The molecule has 1 amide bonds. The van der Waals surface area contributed by atoms with E-state index < -0.39 is 13.0 Å². The lowest BCUT2D eigenvalue weighted by molar-refractivity contribution is 0.0188. The van der Waals surface area contributed by atoms with Crippen LogP contribution < -0.4 is 5.32 Å². The Morgan fingerprint density at radius 2 is 2.22 bits per heavy atom. The summed E-state index contributed by atoms with van der Waals surface area (Å²) < 4.78 is 28.7. The van der Waals surface area contributed by atoms with Crippen LogP contribution >= 0.6 is 27.5 Å². The first kappa shape index (κ1) is 15.3. The Kier molecular flexibility index (Phi) is 6.52. The predicted octanol–water partition coefficient (Wildman–Crippen LogP) is 3.11. The van der Waals surface area contributed by atoms with Crippen molar-refractivity contribution in [3.8, 4) is 0 Å². The monoisotopic (exact) mass is 341 g/mol. The molecule has 0 aromatic heterocycles. The van der Waals surface area contributed by atoms with E-state index in [1.165, 1.54) is 0 Å². The largest absolute Gasteiger partial charge is 0.374 e. The van der Waals surface area contributed by atoms with Crippen molar-refractivity contribution in [1.82, 2.24) is 5.32 Å². The maximum absolute atomic E-state index is 11.7. The molecule has 0 spiro atoms. The lowest BCUT2D eigenvalue weighted by atomic mass is 10.2. The van der Waals surface area contributed by atoms with E-state index in [1.54, 1.807) is 18.2 Å². The summed E-state index contributed by atoms with van der Waals surface area (Å²) in [6.07, 6.45) is -2.49. The number of carbonyl (C=O) groups excluding carboxylic acids is 1. The fourth-order valence-electron chi connectivity index (χ4n) is 1.18. The molecule has 18 heavy (non-hydrogen) atoms. The van der Waals surface area contributed by atoms with Crippen molar-refractivity contribution in [2.24, 2.45) is 0 Å². The second-order valence-electron chi connectivity index (χ2n) is 3.35. The van der Waals surface area contributed by atoms with Gasteiger partial charge in [-0.2, -0.15) is 0 Å². The van der Waals surface area contributed by atoms with Gasteiger partial charge in [-0.25, -0.2) is 8.78 Å². The zero-order valence-corrected chi connectivity index (χ0v) is 11.6. The van der Waals surface area contributed by atoms with E-state index in [0.717, 1.165) is 0 Å². The van der Waals surface area contributed by atoms with Crippen LogP contribution in [0.15, 0.2) is 22.7 Å². The van der Waals surface area contributed by atoms with Gasteiger partial charge in [0.25, 0.3) is 12.3 Å². The summed E-state index contributed by atoms with van der Waals surface area (Å²) >= 11 is 8.96. The molecule has 3 nitrogen and oxygen atoms in total. The Bertz CT molecular complexity index is 418. The molecule has 0 aliphatic rings. The normalized spacial score (nSPS) is 10.7. The van der Waals surface area contributed by atoms with Crippen molar-refractivity contribution in [3.63, 3.8) is 0 Å². The van der Waals surface area contributed by atoms with Crippen LogP contribution in [0.1, 0.15) is 10.4 Å². The molecular weight excluding hydrogens is 331 g/mol. The van der Waals surface area contributed by atoms with Crippen molar-refractivity contribution < 1.29 is 18.3 Å². The quantitative estimate of drug-likeness (QED) is 0.807. The predicted molar refractivity (Wildman–Crippen MR) is 68.3 cm³/mol. The molecule has 0 aliphatic heterocycles. The summed E-state index contributed by atoms with van der Waals surface area (Å²) in [5.41, 5.74) is 0.424. The van der Waals surface area contributed by atoms with Crippen LogP contribution in [-0.2, 0) is 4.74 Å². The molecule has 7 heteroatoms. The summed E-state index contributed by atoms with van der Waals surface area (Å²) in [5, 5.41) is 3.06. The second kappa shape index (κ2) is 7.66. The molecule has 0 bridgehead atoms. The Morgan fingerprint density at radius 3 is 2.83 bits per heavy atom. The first-order valence-corrected chi connectivity index (χ1v) is 6.27. The number of hydrogen-bond acceptors (Lipinski definition) is 2. The molecule has 0 heterocycles. The zero-order valence-electron chi connectivity index (χ0n) is 9.26. The van der Waals surface area contributed by atoms with Gasteiger partial charge < -0.3 is 10.1 Å². The first-order valence-electron chi connectivity index (χ1n) is 5.10. The van der Waals surface area contributed by atoms with Crippen molar-refractivity contribution in [2.45, 2.75) is 6.43 Å². The molecule has 1 aromatic rings. The summed E-state index contributed by atoms with van der Waals surface area (Å²) in [5.74, 6) is -0.320. The number of hydrogen-bond donors (Lipinski definition) is 1. The Hall–Kier alpha value is -0.720. The highest BCUT2D eigenvalue weighted by Crippen LogP contribution is 2.21. The van der Waals surface area contributed by atoms with Crippen molar-refractivity contribution in [2.75, 3.05) is 19.8 Å². The van der Waals surface area contributed by atoms with Gasteiger partial charge in [0.2, 0.25) is 0 Å². The van der Waals surface area contributed by atoms with Gasteiger partial charge in [0, 0.05) is 16.0 Å².